The minimum absolute atomic E-state index is 0.0247. The molecule has 0 unspecified atom stereocenters. The number of nitrogens with zero attached hydrogens (tertiary/aromatic N) is 3. The average molecular weight is 447 g/mol. The number of amides is 2. The van der Waals surface area contributed by atoms with Crippen molar-refractivity contribution in [3.63, 3.8) is 0 Å². The van der Waals surface area contributed by atoms with Crippen LogP contribution in [0, 0.1) is 10.1 Å². The summed E-state index contributed by atoms with van der Waals surface area (Å²) in [5, 5.41) is 14.2. The number of nitro groups is 1. The standard InChI is InChI=1S/C21H23ClN4O5/c1-2-21(28)25-11-9-24(10-12-25)17-8-7-15(13-16(17)22)23-20(27)14-31-19-6-4-3-5-18(19)26(29)30/h3-8,13H,2,9-12,14H2,1H3,(H,23,27). The van der Waals surface area contributed by atoms with Crippen molar-refractivity contribution >= 4 is 40.5 Å². The molecule has 1 aliphatic heterocycles. The van der Waals surface area contributed by atoms with Crippen molar-refractivity contribution in [1.82, 2.24) is 4.90 Å². The van der Waals surface area contributed by atoms with Crippen molar-refractivity contribution in [1.29, 1.82) is 0 Å². The van der Waals surface area contributed by atoms with E-state index in [2.05, 4.69) is 10.2 Å². The Hall–Kier alpha value is -3.33. The lowest BCUT2D eigenvalue weighted by molar-refractivity contribution is -0.385. The van der Waals surface area contributed by atoms with Gasteiger partial charge in [-0.15, -0.1) is 0 Å². The Kier molecular flexibility index (Phi) is 7.30. The lowest BCUT2D eigenvalue weighted by Gasteiger charge is -2.36. The van der Waals surface area contributed by atoms with Gasteiger partial charge in [-0.1, -0.05) is 30.7 Å². The lowest BCUT2D eigenvalue weighted by atomic mass is 10.2. The zero-order chi connectivity index (χ0) is 22.4. The highest BCUT2D eigenvalue weighted by Gasteiger charge is 2.22. The summed E-state index contributed by atoms with van der Waals surface area (Å²) >= 11 is 6.42. The number of hydrogen-bond acceptors (Lipinski definition) is 6. The highest BCUT2D eigenvalue weighted by Crippen LogP contribution is 2.30. The molecule has 1 N–H and O–H groups in total. The van der Waals surface area contributed by atoms with E-state index in [0.29, 0.717) is 43.3 Å². The summed E-state index contributed by atoms with van der Waals surface area (Å²) in [6.45, 7) is 4.12. The third-order valence-corrected chi connectivity index (χ3v) is 5.23. The third-order valence-electron chi connectivity index (χ3n) is 4.93. The van der Waals surface area contributed by atoms with Gasteiger partial charge >= 0.3 is 5.69 Å². The van der Waals surface area contributed by atoms with Crippen LogP contribution in [0.2, 0.25) is 5.02 Å². The SMILES string of the molecule is CCC(=O)N1CCN(c2ccc(NC(=O)COc3ccccc3[N+](=O)[O-])cc2Cl)CC1. The number of benzene rings is 2. The Morgan fingerprint density at radius 2 is 1.87 bits per heavy atom. The number of hydrogen-bond donors (Lipinski definition) is 1. The van der Waals surface area contributed by atoms with Crippen molar-refractivity contribution in [2.75, 3.05) is 43.0 Å². The first-order valence-corrected chi connectivity index (χ1v) is 10.2. The van der Waals surface area contributed by atoms with Crippen LogP contribution in [0.3, 0.4) is 0 Å². The third kappa shape index (κ3) is 5.64. The number of para-hydroxylation sites is 2. The molecule has 1 heterocycles. The number of anilines is 2. The van der Waals surface area contributed by atoms with Crippen LogP contribution in [-0.2, 0) is 9.59 Å². The zero-order valence-electron chi connectivity index (χ0n) is 17.0. The molecule has 0 bridgehead atoms. The van der Waals surface area contributed by atoms with E-state index in [1.807, 2.05) is 17.9 Å². The normalized spacial score (nSPS) is 13.6. The van der Waals surface area contributed by atoms with E-state index >= 15 is 0 Å². The summed E-state index contributed by atoms with van der Waals surface area (Å²) in [4.78, 5) is 38.4. The molecule has 31 heavy (non-hydrogen) atoms. The Labute approximate surface area is 184 Å². The van der Waals surface area contributed by atoms with Gasteiger partial charge in [-0.3, -0.25) is 19.7 Å². The predicted molar refractivity (Wildman–Crippen MR) is 118 cm³/mol. The fraction of sp³-hybridized carbons (Fsp3) is 0.333. The predicted octanol–water partition coefficient (Wildman–Crippen LogP) is 3.32. The summed E-state index contributed by atoms with van der Waals surface area (Å²) < 4.78 is 5.29. The molecular weight excluding hydrogens is 424 g/mol. The fourth-order valence-corrected chi connectivity index (χ4v) is 3.63. The van der Waals surface area contributed by atoms with Crippen molar-refractivity contribution < 1.29 is 19.2 Å². The summed E-state index contributed by atoms with van der Waals surface area (Å²) in [5.41, 5.74) is 1.12. The van der Waals surface area contributed by atoms with Crippen molar-refractivity contribution in [2.24, 2.45) is 0 Å². The van der Waals surface area contributed by atoms with Gasteiger partial charge in [0.25, 0.3) is 5.91 Å². The molecule has 0 radical (unpaired) electrons. The van der Waals surface area contributed by atoms with Gasteiger partial charge in [0.15, 0.2) is 12.4 Å². The maximum Gasteiger partial charge on any atom is 0.310 e. The van der Waals surface area contributed by atoms with E-state index < -0.39 is 10.8 Å². The highest BCUT2D eigenvalue weighted by molar-refractivity contribution is 6.33. The lowest BCUT2D eigenvalue weighted by Crippen LogP contribution is -2.48. The maximum absolute atomic E-state index is 12.2. The first-order valence-electron chi connectivity index (χ1n) is 9.87. The summed E-state index contributed by atoms with van der Waals surface area (Å²) in [6, 6.07) is 11.1. The van der Waals surface area contributed by atoms with Crippen LogP contribution >= 0.6 is 11.6 Å². The molecule has 0 spiro atoms. The molecule has 2 aromatic carbocycles. The fourth-order valence-electron chi connectivity index (χ4n) is 3.33. The van der Waals surface area contributed by atoms with Gasteiger partial charge in [-0.25, -0.2) is 0 Å². The number of halogens is 1. The van der Waals surface area contributed by atoms with E-state index in [0.717, 1.165) is 5.69 Å². The second-order valence-electron chi connectivity index (χ2n) is 6.95. The summed E-state index contributed by atoms with van der Waals surface area (Å²) in [5.74, 6) is -0.294. The number of nitrogens with one attached hydrogen (secondary N) is 1. The first kappa shape index (κ1) is 22.4. The largest absolute Gasteiger partial charge is 0.477 e. The number of nitro benzene ring substituents is 1. The Morgan fingerprint density at radius 1 is 1.16 bits per heavy atom. The van der Waals surface area contributed by atoms with Gasteiger partial charge in [0.2, 0.25) is 5.91 Å². The van der Waals surface area contributed by atoms with Crippen molar-refractivity contribution in [3.8, 4) is 5.75 Å². The van der Waals surface area contributed by atoms with Crippen molar-refractivity contribution in [2.45, 2.75) is 13.3 Å². The molecule has 0 aromatic heterocycles. The van der Waals surface area contributed by atoms with E-state index in [4.69, 9.17) is 16.3 Å². The highest BCUT2D eigenvalue weighted by atomic mass is 35.5. The number of piperazine rings is 1. The molecule has 9 nitrogen and oxygen atoms in total. The molecule has 1 saturated heterocycles. The average Bonchev–Trinajstić information content (AvgIpc) is 2.77. The molecule has 1 fully saturated rings. The molecule has 164 valence electrons. The summed E-state index contributed by atoms with van der Waals surface area (Å²) in [6.07, 6.45) is 0.497. The number of rotatable bonds is 7. The van der Waals surface area contributed by atoms with Crippen LogP contribution < -0.4 is 15.0 Å². The summed E-state index contributed by atoms with van der Waals surface area (Å²) in [7, 11) is 0. The molecule has 0 aliphatic carbocycles. The smallest absolute Gasteiger partial charge is 0.310 e. The minimum Gasteiger partial charge on any atom is -0.477 e. The quantitative estimate of drug-likeness (QED) is 0.516. The second kappa shape index (κ2) is 10.1. The Balaban J connectivity index is 1.56. The van der Waals surface area contributed by atoms with Gasteiger partial charge in [0, 0.05) is 44.4 Å². The van der Waals surface area contributed by atoms with Gasteiger partial charge in [0.1, 0.15) is 0 Å². The molecule has 10 heteroatoms. The molecular formula is C21H23ClN4O5. The number of carbonyl (C=O) groups is 2. The van der Waals surface area contributed by atoms with Gasteiger partial charge < -0.3 is 19.9 Å². The van der Waals surface area contributed by atoms with Gasteiger partial charge in [0.05, 0.1) is 15.6 Å². The van der Waals surface area contributed by atoms with Crippen molar-refractivity contribution in [3.05, 3.63) is 57.6 Å². The van der Waals surface area contributed by atoms with Gasteiger partial charge in [-0.05, 0) is 24.3 Å². The molecule has 0 atom stereocenters. The van der Waals surface area contributed by atoms with E-state index in [9.17, 15) is 19.7 Å². The van der Waals surface area contributed by atoms with Crippen LogP contribution in [0.5, 0.6) is 5.75 Å². The second-order valence-corrected chi connectivity index (χ2v) is 7.36. The Bertz CT molecular complexity index is 976. The molecule has 0 saturated carbocycles. The van der Waals surface area contributed by atoms with Crippen LogP contribution in [0.25, 0.3) is 0 Å². The van der Waals surface area contributed by atoms with E-state index in [-0.39, 0.29) is 24.0 Å². The maximum atomic E-state index is 12.2. The van der Waals surface area contributed by atoms with Gasteiger partial charge in [-0.2, -0.15) is 0 Å². The number of ether oxygens (including phenoxy) is 1. The van der Waals surface area contributed by atoms with Crippen LogP contribution in [0.4, 0.5) is 17.1 Å². The van der Waals surface area contributed by atoms with E-state index in [1.165, 1.54) is 18.2 Å². The Morgan fingerprint density at radius 3 is 2.52 bits per heavy atom. The molecule has 2 aromatic rings. The van der Waals surface area contributed by atoms with E-state index in [1.54, 1.807) is 18.2 Å². The molecule has 1 aliphatic rings. The zero-order valence-corrected chi connectivity index (χ0v) is 17.8. The molecule has 3 rings (SSSR count). The van der Waals surface area contributed by atoms with Crippen LogP contribution in [0.15, 0.2) is 42.5 Å². The monoisotopic (exact) mass is 446 g/mol. The molecule has 2 amide bonds. The van der Waals surface area contributed by atoms with Crippen LogP contribution in [0.1, 0.15) is 13.3 Å². The minimum atomic E-state index is -0.566. The number of carbonyl (C=O) groups excluding carboxylic acids is 2. The first-order chi connectivity index (χ1) is 14.9. The topological polar surface area (TPSA) is 105 Å². The van der Waals surface area contributed by atoms with Crippen LogP contribution in [-0.4, -0.2) is 54.4 Å².